The molecule has 0 N–H and O–H groups in total. The van der Waals surface area contributed by atoms with Gasteiger partial charge in [0.2, 0.25) is 6.41 Å². The molecule has 0 spiro atoms. The van der Waals surface area contributed by atoms with E-state index in [4.69, 9.17) is 0 Å². The van der Waals surface area contributed by atoms with Gasteiger partial charge in [-0.25, -0.2) is 8.78 Å². The molecule has 0 bridgehead atoms. The standard InChI is InChI=1S/C15H11F2NO2/c1-18(9-19)12-5-2-10(3-6-12)15(20)11-4-7-13(16)14(17)8-11/h2-9H,1H3. The Hall–Kier alpha value is -2.56. The molecule has 0 aliphatic heterocycles. The van der Waals surface area contributed by atoms with Crippen molar-refractivity contribution in [1.29, 1.82) is 0 Å². The van der Waals surface area contributed by atoms with Crippen molar-refractivity contribution in [2.75, 3.05) is 11.9 Å². The number of ketones is 1. The van der Waals surface area contributed by atoms with Crippen molar-refractivity contribution in [2.45, 2.75) is 0 Å². The van der Waals surface area contributed by atoms with Gasteiger partial charge >= 0.3 is 0 Å². The first kappa shape index (κ1) is 13.9. The Labute approximate surface area is 114 Å². The zero-order valence-corrected chi connectivity index (χ0v) is 10.6. The van der Waals surface area contributed by atoms with E-state index >= 15 is 0 Å². The molecule has 102 valence electrons. The molecule has 0 heterocycles. The van der Waals surface area contributed by atoms with E-state index < -0.39 is 17.4 Å². The number of carbonyl (C=O) groups is 2. The third-order valence-corrected chi connectivity index (χ3v) is 2.88. The number of rotatable bonds is 4. The first-order chi connectivity index (χ1) is 9.52. The Morgan fingerprint density at radius 1 is 1.00 bits per heavy atom. The smallest absolute Gasteiger partial charge is 0.213 e. The summed E-state index contributed by atoms with van der Waals surface area (Å²) in [5, 5.41) is 0. The molecule has 2 aromatic carbocycles. The zero-order chi connectivity index (χ0) is 14.7. The summed E-state index contributed by atoms with van der Waals surface area (Å²) in [6.07, 6.45) is 0.645. The molecule has 0 aliphatic carbocycles. The third kappa shape index (κ3) is 2.71. The molecule has 2 aromatic rings. The van der Waals surface area contributed by atoms with Crippen LogP contribution in [0, 0.1) is 11.6 Å². The number of halogens is 2. The molecule has 0 radical (unpaired) electrons. The van der Waals surface area contributed by atoms with Crippen LogP contribution in [0.25, 0.3) is 0 Å². The van der Waals surface area contributed by atoms with E-state index in [-0.39, 0.29) is 5.56 Å². The van der Waals surface area contributed by atoms with E-state index in [1.54, 1.807) is 19.2 Å². The first-order valence-corrected chi connectivity index (χ1v) is 5.81. The third-order valence-electron chi connectivity index (χ3n) is 2.88. The fraction of sp³-hybridized carbons (Fsp3) is 0.0667. The zero-order valence-electron chi connectivity index (χ0n) is 10.6. The van der Waals surface area contributed by atoms with Gasteiger partial charge < -0.3 is 4.90 Å². The second kappa shape index (κ2) is 5.61. The Balaban J connectivity index is 2.29. The van der Waals surface area contributed by atoms with Gasteiger partial charge in [-0.2, -0.15) is 0 Å². The summed E-state index contributed by atoms with van der Waals surface area (Å²) in [6, 6.07) is 9.26. The summed E-state index contributed by atoms with van der Waals surface area (Å²) in [6.45, 7) is 0. The summed E-state index contributed by atoms with van der Waals surface area (Å²) in [5.41, 5.74) is 1.03. The van der Waals surface area contributed by atoms with Crippen molar-refractivity contribution >= 4 is 17.9 Å². The number of carbonyl (C=O) groups excluding carboxylic acids is 2. The van der Waals surface area contributed by atoms with E-state index in [2.05, 4.69) is 0 Å². The number of anilines is 1. The Kier molecular flexibility index (Phi) is 3.89. The average molecular weight is 275 g/mol. The predicted octanol–water partition coefficient (Wildman–Crippen LogP) is 2.79. The summed E-state index contributed by atoms with van der Waals surface area (Å²) >= 11 is 0. The number of hydrogen-bond acceptors (Lipinski definition) is 2. The number of hydrogen-bond donors (Lipinski definition) is 0. The van der Waals surface area contributed by atoms with Gasteiger partial charge in [0, 0.05) is 23.9 Å². The molecule has 0 atom stereocenters. The molecule has 2 rings (SSSR count). The lowest BCUT2D eigenvalue weighted by molar-refractivity contribution is -0.107. The minimum absolute atomic E-state index is 0.0698. The molecule has 5 heteroatoms. The second-order valence-electron chi connectivity index (χ2n) is 4.22. The van der Waals surface area contributed by atoms with Crippen LogP contribution in [-0.4, -0.2) is 19.2 Å². The van der Waals surface area contributed by atoms with Gasteiger partial charge in [0.15, 0.2) is 17.4 Å². The normalized spacial score (nSPS) is 10.2. The number of nitrogens with zero attached hydrogens (tertiary/aromatic N) is 1. The molecule has 20 heavy (non-hydrogen) atoms. The molecule has 0 fully saturated rings. The minimum atomic E-state index is -1.06. The van der Waals surface area contributed by atoms with Crippen LogP contribution in [0.2, 0.25) is 0 Å². The topological polar surface area (TPSA) is 37.4 Å². The molecular weight excluding hydrogens is 264 g/mol. The highest BCUT2D eigenvalue weighted by atomic mass is 19.2. The molecular formula is C15H11F2NO2. The SMILES string of the molecule is CN(C=O)c1ccc(C(=O)c2ccc(F)c(F)c2)cc1. The van der Waals surface area contributed by atoms with Crippen LogP contribution < -0.4 is 4.90 Å². The van der Waals surface area contributed by atoms with Crippen LogP contribution >= 0.6 is 0 Å². The molecule has 0 unspecified atom stereocenters. The largest absolute Gasteiger partial charge is 0.318 e. The van der Waals surface area contributed by atoms with Crippen molar-refractivity contribution in [3.05, 3.63) is 65.2 Å². The van der Waals surface area contributed by atoms with E-state index in [0.717, 1.165) is 12.1 Å². The quantitative estimate of drug-likeness (QED) is 0.635. The molecule has 0 aromatic heterocycles. The maximum absolute atomic E-state index is 13.1. The minimum Gasteiger partial charge on any atom is -0.318 e. The van der Waals surface area contributed by atoms with Crippen LogP contribution in [-0.2, 0) is 4.79 Å². The molecule has 3 nitrogen and oxygen atoms in total. The van der Waals surface area contributed by atoms with Crippen LogP contribution in [0.1, 0.15) is 15.9 Å². The van der Waals surface area contributed by atoms with E-state index in [1.807, 2.05) is 0 Å². The predicted molar refractivity (Wildman–Crippen MR) is 70.7 cm³/mol. The lowest BCUT2D eigenvalue weighted by Crippen LogP contribution is -2.13. The van der Waals surface area contributed by atoms with Crippen LogP contribution in [0.3, 0.4) is 0 Å². The van der Waals surface area contributed by atoms with Gasteiger partial charge in [-0.05, 0) is 42.5 Å². The lowest BCUT2D eigenvalue weighted by atomic mass is 10.0. The van der Waals surface area contributed by atoms with Gasteiger partial charge in [-0.1, -0.05) is 0 Å². The Morgan fingerprint density at radius 3 is 2.15 bits per heavy atom. The fourth-order valence-corrected chi connectivity index (χ4v) is 1.71. The Morgan fingerprint density at radius 2 is 1.60 bits per heavy atom. The average Bonchev–Trinajstić information content (AvgIpc) is 2.48. The first-order valence-electron chi connectivity index (χ1n) is 5.81. The van der Waals surface area contributed by atoms with Gasteiger partial charge in [0.25, 0.3) is 0 Å². The van der Waals surface area contributed by atoms with Gasteiger partial charge in [-0.3, -0.25) is 9.59 Å². The monoisotopic (exact) mass is 275 g/mol. The molecule has 1 amide bonds. The van der Waals surface area contributed by atoms with Gasteiger partial charge in [0.1, 0.15) is 0 Å². The molecule has 0 saturated carbocycles. The summed E-state index contributed by atoms with van der Waals surface area (Å²) < 4.78 is 25.9. The number of amides is 1. The maximum atomic E-state index is 13.1. The summed E-state index contributed by atoms with van der Waals surface area (Å²) in [7, 11) is 1.58. The van der Waals surface area contributed by atoms with Crippen LogP contribution in [0.4, 0.5) is 14.5 Å². The van der Waals surface area contributed by atoms with Crippen molar-refractivity contribution < 1.29 is 18.4 Å². The van der Waals surface area contributed by atoms with E-state index in [0.29, 0.717) is 17.7 Å². The van der Waals surface area contributed by atoms with Gasteiger partial charge in [-0.15, -0.1) is 0 Å². The highest BCUT2D eigenvalue weighted by Gasteiger charge is 2.12. The maximum Gasteiger partial charge on any atom is 0.213 e. The molecule has 0 saturated heterocycles. The van der Waals surface area contributed by atoms with Crippen molar-refractivity contribution in [3.63, 3.8) is 0 Å². The van der Waals surface area contributed by atoms with Crippen molar-refractivity contribution in [2.24, 2.45) is 0 Å². The van der Waals surface area contributed by atoms with E-state index in [9.17, 15) is 18.4 Å². The van der Waals surface area contributed by atoms with Crippen molar-refractivity contribution in [3.8, 4) is 0 Å². The number of benzene rings is 2. The highest BCUT2D eigenvalue weighted by Crippen LogP contribution is 2.17. The second-order valence-corrected chi connectivity index (χ2v) is 4.22. The van der Waals surface area contributed by atoms with Gasteiger partial charge in [0.05, 0.1) is 0 Å². The van der Waals surface area contributed by atoms with Crippen LogP contribution in [0.15, 0.2) is 42.5 Å². The fourth-order valence-electron chi connectivity index (χ4n) is 1.71. The van der Waals surface area contributed by atoms with E-state index in [1.165, 1.54) is 23.1 Å². The summed E-state index contributed by atoms with van der Waals surface area (Å²) in [5.74, 6) is -2.47. The van der Waals surface area contributed by atoms with Crippen LogP contribution in [0.5, 0.6) is 0 Å². The highest BCUT2D eigenvalue weighted by molar-refractivity contribution is 6.09. The lowest BCUT2D eigenvalue weighted by Gasteiger charge is -2.10. The Bertz CT molecular complexity index is 653. The molecule has 0 aliphatic rings. The summed E-state index contributed by atoms with van der Waals surface area (Å²) in [4.78, 5) is 24.0. The van der Waals surface area contributed by atoms with Crippen molar-refractivity contribution in [1.82, 2.24) is 0 Å².